The molecule has 0 saturated carbocycles. The van der Waals surface area contributed by atoms with Gasteiger partial charge in [-0.1, -0.05) is 84.9 Å². The fourth-order valence-corrected chi connectivity index (χ4v) is 6.17. The van der Waals surface area contributed by atoms with E-state index >= 15 is 0 Å². The first-order chi connectivity index (χ1) is 24.3. The average molecular weight is 677 g/mol. The minimum absolute atomic E-state index is 0.131. The highest BCUT2D eigenvalue weighted by Crippen LogP contribution is 2.34. The highest BCUT2D eigenvalue weighted by molar-refractivity contribution is 5.69. The Labute approximate surface area is 291 Å². The number of halogens is 2. The third-order valence-electron chi connectivity index (χ3n) is 8.90. The van der Waals surface area contributed by atoms with E-state index in [9.17, 15) is 18.4 Å². The van der Waals surface area contributed by atoms with Gasteiger partial charge >= 0.3 is 12.2 Å². The van der Waals surface area contributed by atoms with Gasteiger partial charge in [0.2, 0.25) is 12.1 Å². The smallest absolute Gasteiger partial charge is 0.410 e. The van der Waals surface area contributed by atoms with Gasteiger partial charge in [-0.2, -0.15) is 0 Å². The summed E-state index contributed by atoms with van der Waals surface area (Å²) in [5.41, 5.74) is 3.49. The summed E-state index contributed by atoms with van der Waals surface area (Å²) in [4.78, 5) is 35.7. The van der Waals surface area contributed by atoms with Crippen LogP contribution < -0.4 is 0 Å². The lowest BCUT2D eigenvalue weighted by Crippen LogP contribution is -2.42. The van der Waals surface area contributed by atoms with Crippen LogP contribution in [-0.2, 0) is 22.7 Å². The Morgan fingerprint density at radius 2 is 0.960 bits per heavy atom. The standard InChI is InChI=1S/2C20H19FN2O2/c2*1-22-18-11-12-23(19(13-18)16-7-9-17(21)10-8-16)20(24)25-14-15-5-3-2-4-6-15/h2*2-10,18-19H,11-14H2/t2*18-,19+/m10/s1. The van der Waals surface area contributed by atoms with Gasteiger partial charge in [0.25, 0.3) is 0 Å². The third kappa shape index (κ3) is 9.67. The van der Waals surface area contributed by atoms with Crippen molar-refractivity contribution in [3.8, 4) is 0 Å². The fraction of sp³-hybridized carbons (Fsp3) is 0.300. The zero-order valence-corrected chi connectivity index (χ0v) is 27.5. The quantitative estimate of drug-likeness (QED) is 0.191. The lowest BCUT2D eigenvalue weighted by Gasteiger charge is -2.35. The molecular weight excluding hydrogens is 638 g/mol. The number of rotatable bonds is 6. The molecule has 0 aromatic heterocycles. The second-order valence-corrected chi connectivity index (χ2v) is 12.2. The minimum atomic E-state index is -0.401. The van der Waals surface area contributed by atoms with Crippen molar-refractivity contribution in [2.75, 3.05) is 13.1 Å². The number of benzene rings is 4. The number of piperidine rings is 2. The van der Waals surface area contributed by atoms with Crippen LogP contribution in [0.25, 0.3) is 9.69 Å². The summed E-state index contributed by atoms with van der Waals surface area (Å²) in [6.45, 7) is 15.9. The number of nitrogens with zero attached hydrogens (tertiary/aromatic N) is 4. The number of likely N-dealkylation sites (tertiary alicyclic amines) is 2. The Morgan fingerprint density at radius 3 is 1.30 bits per heavy atom. The molecule has 0 radical (unpaired) electrons. The average Bonchev–Trinajstić information content (AvgIpc) is 3.17. The number of carbonyl (C=O) groups excluding carboxylic acids is 2. The van der Waals surface area contributed by atoms with Crippen LogP contribution in [0.15, 0.2) is 109 Å². The van der Waals surface area contributed by atoms with Gasteiger partial charge in [0.15, 0.2) is 0 Å². The Kier molecular flexibility index (Phi) is 12.5. The van der Waals surface area contributed by atoms with Gasteiger partial charge in [0.1, 0.15) is 24.8 Å². The van der Waals surface area contributed by atoms with E-state index in [0.717, 1.165) is 22.3 Å². The molecular formula is C40H38F2N4O4. The molecule has 0 unspecified atom stereocenters. The first kappa shape index (κ1) is 35.6. The summed E-state index contributed by atoms with van der Waals surface area (Å²) < 4.78 is 37.3. The molecule has 0 spiro atoms. The molecule has 0 aliphatic carbocycles. The van der Waals surface area contributed by atoms with Crippen LogP contribution in [0, 0.1) is 24.8 Å². The molecule has 4 aromatic carbocycles. The highest BCUT2D eigenvalue weighted by Gasteiger charge is 2.37. The van der Waals surface area contributed by atoms with Crippen molar-refractivity contribution in [1.82, 2.24) is 9.80 Å². The summed E-state index contributed by atoms with van der Waals surface area (Å²) in [6.07, 6.45) is 1.53. The molecule has 2 amide bonds. The lowest BCUT2D eigenvalue weighted by atomic mass is 9.92. The molecule has 2 fully saturated rings. The zero-order valence-electron chi connectivity index (χ0n) is 27.5. The van der Waals surface area contributed by atoms with Crippen LogP contribution in [0.3, 0.4) is 0 Å². The third-order valence-corrected chi connectivity index (χ3v) is 8.90. The van der Waals surface area contributed by atoms with Crippen molar-refractivity contribution in [3.05, 3.63) is 166 Å². The van der Waals surface area contributed by atoms with Gasteiger partial charge in [-0.3, -0.25) is 0 Å². The maximum absolute atomic E-state index is 13.2. The molecule has 0 N–H and O–H groups in total. The predicted molar refractivity (Wildman–Crippen MR) is 184 cm³/mol. The zero-order chi connectivity index (χ0) is 35.3. The predicted octanol–water partition coefficient (Wildman–Crippen LogP) is 9.17. The Morgan fingerprint density at radius 1 is 0.600 bits per heavy atom. The Balaban J connectivity index is 0.000000194. The Bertz CT molecular complexity index is 1640. The van der Waals surface area contributed by atoms with Gasteiger partial charge < -0.3 is 29.0 Å². The fourth-order valence-electron chi connectivity index (χ4n) is 6.17. The van der Waals surface area contributed by atoms with E-state index < -0.39 is 12.2 Å². The lowest BCUT2D eigenvalue weighted by molar-refractivity contribution is 0.0661. The topological polar surface area (TPSA) is 67.8 Å². The number of ether oxygens (including phenoxy) is 2. The molecule has 8 nitrogen and oxygen atoms in total. The maximum atomic E-state index is 13.2. The minimum Gasteiger partial charge on any atom is -0.445 e. The Hall–Kier alpha value is -5.74. The van der Waals surface area contributed by atoms with E-state index in [0.29, 0.717) is 38.8 Å². The summed E-state index contributed by atoms with van der Waals surface area (Å²) in [5, 5.41) is 0. The maximum Gasteiger partial charge on any atom is 0.410 e. The van der Waals surface area contributed by atoms with Gasteiger partial charge in [0.05, 0.1) is 12.1 Å². The second kappa shape index (κ2) is 17.6. The van der Waals surface area contributed by atoms with Crippen LogP contribution in [-0.4, -0.2) is 47.2 Å². The molecule has 4 atom stereocenters. The molecule has 10 heteroatoms. The van der Waals surface area contributed by atoms with E-state index in [1.54, 1.807) is 34.1 Å². The molecule has 2 heterocycles. The van der Waals surface area contributed by atoms with E-state index in [-0.39, 0.29) is 49.0 Å². The van der Waals surface area contributed by atoms with Crippen LogP contribution in [0.1, 0.15) is 60.0 Å². The first-order valence-electron chi connectivity index (χ1n) is 16.5. The van der Waals surface area contributed by atoms with Gasteiger partial charge in [-0.05, 0) is 46.5 Å². The van der Waals surface area contributed by atoms with Crippen molar-refractivity contribution in [2.45, 2.75) is 63.1 Å². The molecule has 4 aromatic rings. The van der Waals surface area contributed by atoms with E-state index in [2.05, 4.69) is 9.69 Å². The van der Waals surface area contributed by atoms with Crippen LogP contribution >= 0.6 is 0 Å². The largest absolute Gasteiger partial charge is 0.445 e. The summed E-state index contributed by atoms with van der Waals surface area (Å²) in [7, 11) is 0. The second-order valence-electron chi connectivity index (χ2n) is 12.2. The van der Waals surface area contributed by atoms with Crippen molar-refractivity contribution in [3.63, 3.8) is 0 Å². The van der Waals surface area contributed by atoms with Crippen LogP contribution in [0.2, 0.25) is 0 Å². The van der Waals surface area contributed by atoms with Crippen molar-refractivity contribution in [1.29, 1.82) is 0 Å². The van der Waals surface area contributed by atoms with Crippen LogP contribution in [0.4, 0.5) is 18.4 Å². The number of hydrogen-bond acceptors (Lipinski definition) is 4. The normalized spacial score (nSPS) is 19.9. The number of carbonyl (C=O) groups is 2. The van der Waals surface area contributed by atoms with Crippen molar-refractivity contribution < 1.29 is 27.8 Å². The summed E-state index contributed by atoms with van der Waals surface area (Å²) in [6, 6.07) is 30.4. The van der Waals surface area contributed by atoms with E-state index in [1.807, 2.05) is 60.7 Å². The van der Waals surface area contributed by atoms with Gasteiger partial charge in [-0.25, -0.2) is 31.5 Å². The SMILES string of the molecule is [C-]#[N+][C@@H]1CCN(C(=O)OCc2ccccc2)[C@H](c2ccc(F)cc2)C1.[C-]#[N+][C@H]1CCN(C(=O)OCc2ccccc2)[C@@H](c2ccc(F)cc2)C1. The van der Waals surface area contributed by atoms with Gasteiger partial charge in [-0.15, -0.1) is 0 Å². The van der Waals surface area contributed by atoms with E-state index in [4.69, 9.17) is 22.6 Å². The molecule has 2 saturated heterocycles. The number of amides is 2. The highest BCUT2D eigenvalue weighted by atomic mass is 19.1. The summed E-state index contributed by atoms with van der Waals surface area (Å²) >= 11 is 0. The molecule has 2 aliphatic rings. The molecule has 6 rings (SSSR count). The first-order valence-corrected chi connectivity index (χ1v) is 16.5. The van der Waals surface area contributed by atoms with Crippen molar-refractivity contribution in [2.24, 2.45) is 0 Å². The molecule has 2 aliphatic heterocycles. The monoisotopic (exact) mass is 676 g/mol. The van der Waals surface area contributed by atoms with E-state index in [1.165, 1.54) is 24.3 Å². The molecule has 256 valence electrons. The molecule has 0 bridgehead atoms. The number of hydrogen-bond donors (Lipinski definition) is 0. The molecule has 50 heavy (non-hydrogen) atoms. The van der Waals surface area contributed by atoms with Crippen LogP contribution in [0.5, 0.6) is 0 Å². The van der Waals surface area contributed by atoms with Gasteiger partial charge in [0, 0.05) is 38.8 Å². The summed E-state index contributed by atoms with van der Waals surface area (Å²) in [5.74, 6) is -0.640. The van der Waals surface area contributed by atoms with Crippen molar-refractivity contribution >= 4 is 12.2 Å².